The molecule has 0 saturated heterocycles. The SMILES string of the molecule is COc1cc(OC)c([C@H](N)C(F)(F)F)cc1OC.Cl. The van der Waals surface area contributed by atoms with Crippen LogP contribution in [0.3, 0.4) is 0 Å². The van der Waals surface area contributed by atoms with Crippen LogP contribution in [0.1, 0.15) is 11.6 Å². The highest BCUT2D eigenvalue weighted by atomic mass is 35.5. The van der Waals surface area contributed by atoms with E-state index in [0.717, 1.165) is 6.07 Å². The molecule has 0 heterocycles. The van der Waals surface area contributed by atoms with Gasteiger partial charge in [0.25, 0.3) is 0 Å². The zero-order valence-electron chi connectivity index (χ0n) is 10.6. The molecule has 0 aliphatic rings. The molecule has 0 aliphatic heterocycles. The second-order valence-electron chi connectivity index (χ2n) is 3.47. The molecule has 0 amide bonds. The first-order chi connectivity index (χ1) is 8.35. The van der Waals surface area contributed by atoms with Crippen LogP contribution < -0.4 is 19.9 Å². The summed E-state index contributed by atoms with van der Waals surface area (Å²) in [5.74, 6) is 0.429. The predicted molar refractivity (Wildman–Crippen MR) is 66.3 cm³/mol. The van der Waals surface area contributed by atoms with Gasteiger partial charge in [0.1, 0.15) is 11.8 Å². The minimum atomic E-state index is -4.56. The highest BCUT2D eigenvalue weighted by Crippen LogP contribution is 2.41. The standard InChI is InChI=1S/C11H14F3NO3.ClH/c1-16-7-5-9(18-3)8(17-2)4-6(7)10(15)11(12,13)14;/h4-5,10H,15H2,1-3H3;1H/t10-;/m0./s1. The number of hydrogen-bond donors (Lipinski definition) is 1. The quantitative estimate of drug-likeness (QED) is 0.929. The van der Waals surface area contributed by atoms with Crippen LogP contribution in [0.25, 0.3) is 0 Å². The van der Waals surface area contributed by atoms with Crippen LogP contribution in [0.2, 0.25) is 0 Å². The van der Waals surface area contributed by atoms with Gasteiger partial charge >= 0.3 is 6.18 Å². The summed E-state index contributed by atoms with van der Waals surface area (Å²) >= 11 is 0. The van der Waals surface area contributed by atoms with Crippen molar-refractivity contribution < 1.29 is 27.4 Å². The molecule has 110 valence electrons. The van der Waals surface area contributed by atoms with E-state index in [9.17, 15) is 13.2 Å². The first kappa shape index (κ1) is 17.7. The summed E-state index contributed by atoms with van der Waals surface area (Å²) in [7, 11) is 3.96. The normalized spacial score (nSPS) is 12.4. The lowest BCUT2D eigenvalue weighted by Crippen LogP contribution is -2.28. The highest BCUT2D eigenvalue weighted by Gasteiger charge is 2.40. The molecule has 0 fully saturated rings. The molecule has 0 unspecified atom stereocenters. The Kier molecular flexibility index (Phi) is 6.24. The van der Waals surface area contributed by atoms with Gasteiger partial charge in [-0.05, 0) is 6.07 Å². The third-order valence-electron chi connectivity index (χ3n) is 2.42. The molecule has 1 aromatic rings. The molecule has 0 saturated carbocycles. The number of hydrogen-bond acceptors (Lipinski definition) is 4. The molecule has 1 rings (SSSR count). The fraction of sp³-hybridized carbons (Fsp3) is 0.455. The number of halogens is 4. The summed E-state index contributed by atoms with van der Waals surface area (Å²) in [6.45, 7) is 0. The van der Waals surface area contributed by atoms with Gasteiger partial charge in [-0.2, -0.15) is 13.2 Å². The van der Waals surface area contributed by atoms with E-state index in [1.165, 1.54) is 27.4 Å². The van der Waals surface area contributed by atoms with Crippen LogP contribution in [0, 0.1) is 0 Å². The number of benzene rings is 1. The Morgan fingerprint density at radius 1 is 0.947 bits per heavy atom. The van der Waals surface area contributed by atoms with Crippen molar-refractivity contribution in [2.24, 2.45) is 5.73 Å². The zero-order chi connectivity index (χ0) is 13.9. The van der Waals surface area contributed by atoms with Crippen molar-refractivity contribution in [3.05, 3.63) is 17.7 Å². The third kappa shape index (κ3) is 3.81. The fourth-order valence-electron chi connectivity index (χ4n) is 1.47. The molecule has 0 aromatic heterocycles. The molecular weight excluding hydrogens is 287 g/mol. The van der Waals surface area contributed by atoms with Crippen LogP contribution in [0.4, 0.5) is 13.2 Å². The Morgan fingerprint density at radius 2 is 1.37 bits per heavy atom. The van der Waals surface area contributed by atoms with Crippen molar-refractivity contribution in [3.63, 3.8) is 0 Å². The minimum Gasteiger partial charge on any atom is -0.496 e. The number of alkyl halides is 3. The number of nitrogens with two attached hydrogens (primary N) is 1. The second kappa shape index (κ2) is 6.72. The van der Waals surface area contributed by atoms with Gasteiger partial charge in [0, 0.05) is 11.6 Å². The van der Waals surface area contributed by atoms with Crippen LogP contribution in [0.15, 0.2) is 12.1 Å². The summed E-state index contributed by atoms with van der Waals surface area (Å²) in [6, 6.07) is 0.322. The van der Waals surface area contributed by atoms with E-state index in [0.29, 0.717) is 0 Å². The molecule has 0 aliphatic carbocycles. The molecule has 19 heavy (non-hydrogen) atoms. The highest BCUT2D eigenvalue weighted by molar-refractivity contribution is 5.85. The monoisotopic (exact) mass is 301 g/mol. The topological polar surface area (TPSA) is 53.7 Å². The molecule has 0 bridgehead atoms. The lowest BCUT2D eigenvalue weighted by atomic mass is 10.0. The van der Waals surface area contributed by atoms with E-state index in [2.05, 4.69) is 0 Å². The molecule has 8 heteroatoms. The van der Waals surface area contributed by atoms with Gasteiger partial charge in [-0.25, -0.2) is 0 Å². The van der Waals surface area contributed by atoms with E-state index in [4.69, 9.17) is 19.9 Å². The van der Waals surface area contributed by atoms with Crippen molar-refractivity contribution in [2.75, 3.05) is 21.3 Å². The van der Waals surface area contributed by atoms with E-state index < -0.39 is 12.2 Å². The van der Waals surface area contributed by atoms with Crippen LogP contribution in [0.5, 0.6) is 17.2 Å². The lowest BCUT2D eigenvalue weighted by molar-refractivity contribution is -0.149. The Bertz CT molecular complexity index is 426. The van der Waals surface area contributed by atoms with Crippen molar-refractivity contribution in [1.29, 1.82) is 0 Å². The van der Waals surface area contributed by atoms with Crippen molar-refractivity contribution in [1.82, 2.24) is 0 Å². The van der Waals surface area contributed by atoms with Gasteiger partial charge in [0.15, 0.2) is 11.5 Å². The second-order valence-corrected chi connectivity index (χ2v) is 3.47. The van der Waals surface area contributed by atoms with E-state index in [-0.39, 0.29) is 35.2 Å². The molecule has 1 aromatic carbocycles. The fourth-order valence-corrected chi connectivity index (χ4v) is 1.47. The minimum absolute atomic E-state index is 0. The first-order valence-corrected chi connectivity index (χ1v) is 4.97. The summed E-state index contributed by atoms with van der Waals surface area (Å²) < 4.78 is 52.6. The predicted octanol–water partition coefficient (Wildman–Crippen LogP) is 2.70. The van der Waals surface area contributed by atoms with Gasteiger partial charge in [-0.15, -0.1) is 12.4 Å². The smallest absolute Gasteiger partial charge is 0.407 e. The molecule has 1 atom stereocenters. The van der Waals surface area contributed by atoms with Gasteiger partial charge in [0.2, 0.25) is 0 Å². The van der Waals surface area contributed by atoms with Crippen molar-refractivity contribution >= 4 is 12.4 Å². The van der Waals surface area contributed by atoms with E-state index in [1.807, 2.05) is 0 Å². The Labute approximate surface area is 115 Å². The van der Waals surface area contributed by atoms with E-state index in [1.54, 1.807) is 0 Å². The summed E-state index contributed by atoms with van der Waals surface area (Å²) in [5.41, 5.74) is 4.96. The summed E-state index contributed by atoms with van der Waals surface area (Å²) in [4.78, 5) is 0. The number of ether oxygens (including phenoxy) is 3. The molecule has 2 N–H and O–H groups in total. The molecule has 0 spiro atoms. The third-order valence-corrected chi connectivity index (χ3v) is 2.42. The summed E-state index contributed by atoms with van der Waals surface area (Å²) in [6.07, 6.45) is -4.56. The maximum absolute atomic E-state index is 12.6. The van der Waals surface area contributed by atoms with Crippen LogP contribution in [-0.4, -0.2) is 27.5 Å². The van der Waals surface area contributed by atoms with Gasteiger partial charge in [0.05, 0.1) is 21.3 Å². The van der Waals surface area contributed by atoms with Crippen LogP contribution >= 0.6 is 12.4 Å². The number of methoxy groups -OCH3 is 3. The van der Waals surface area contributed by atoms with Gasteiger partial charge in [-0.1, -0.05) is 0 Å². The molecular formula is C11H15ClF3NO3. The molecule has 0 radical (unpaired) electrons. The first-order valence-electron chi connectivity index (χ1n) is 4.97. The average molecular weight is 302 g/mol. The Hall–Kier alpha value is -1.34. The largest absolute Gasteiger partial charge is 0.496 e. The Balaban J connectivity index is 0.00000324. The Morgan fingerprint density at radius 3 is 1.74 bits per heavy atom. The zero-order valence-corrected chi connectivity index (χ0v) is 11.4. The lowest BCUT2D eigenvalue weighted by Gasteiger charge is -2.20. The summed E-state index contributed by atoms with van der Waals surface area (Å²) in [5, 5.41) is 0. The van der Waals surface area contributed by atoms with Gasteiger partial charge < -0.3 is 19.9 Å². The molecule has 4 nitrogen and oxygen atoms in total. The van der Waals surface area contributed by atoms with Crippen molar-refractivity contribution in [3.8, 4) is 17.2 Å². The van der Waals surface area contributed by atoms with Gasteiger partial charge in [-0.3, -0.25) is 0 Å². The average Bonchev–Trinajstić information content (AvgIpc) is 2.34. The van der Waals surface area contributed by atoms with Crippen LogP contribution in [-0.2, 0) is 0 Å². The number of rotatable bonds is 4. The maximum Gasteiger partial charge on any atom is 0.407 e. The van der Waals surface area contributed by atoms with Crippen molar-refractivity contribution in [2.45, 2.75) is 12.2 Å². The van der Waals surface area contributed by atoms with E-state index >= 15 is 0 Å². The maximum atomic E-state index is 12.6.